The van der Waals surface area contributed by atoms with Gasteiger partial charge in [-0.25, -0.2) is 0 Å². The van der Waals surface area contributed by atoms with Crippen molar-refractivity contribution < 1.29 is 0 Å². The van der Waals surface area contributed by atoms with Crippen LogP contribution in [0.1, 0.15) is 63.8 Å². The van der Waals surface area contributed by atoms with Crippen LogP contribution in [-0.4, -0.2) is 33.2 Å². The Bertz CT molecular complexity index is 546. The molecule has 1 aliphatic heterocycles. The highest BCUT2D eigenvalue weighted by Gasteiger charge is 2.38. The summed E-state index contributed by atoms with van der Waals surface area (Å²) >= 11 is 0. The van der Waals surface area contributed by atoms with E-state index in [9.17, 15) is 0 Å². The summed E-state index contributed by atoms with van der Waals surface area (Å²) in [5.74, 6) is 0.718. The molecule has 1 saturated carbocycles. The molecule has 0 aromatic carbocycles. The SMILES string of the molecule is Cn1cc(C2CN=C(N)N2C2CCCC2)c(C(C)(C)C)n1. The van der Waals surface area contributed by atoms with Crippen LogP contribution in [0.25, 0.3) is 0 Å². The molecule has 21 heavy (non-hydrogen) atoms. The number of hydrogen-bond donors (Lipinski definition) is 1. The number of nitrogens with two attached hydrogens (primary N) is 1. The number of aliphatic imine (C=N–C) groups is 1. The summed E-state index contributed by atoms with van der Waals surface area (Å²) in [5, 5.41) is 4.71. The molecule has 2 aliphatic rings. The van der Waals surface area contributed by atoms with Gasteiger partial charge in [0, 0.05) is 30.3 Å². The molecule has 1 aromatic rings. The van der Waals surface area contributed by atoms with Gasteiger partial charge in [-0.3, -0.25) is 9.67 Å². The average Bonchev–Trinajstić information content (AvgIpc) is 3.06. The highest BCUT2D eigenvalue weighted by Crippen LogP contribution is 2.37. The Labute approximate surface area is 127 Å². The maximum Gasteiger partial charge on any atom is 0.192 e. The maximum atomic E-state index is 6.20. The fourth-order valence-corrected chi connectivity index (χ4v) is 3.72. The lowest BCUT2D eigenvalue weighted by atomic mass is 9.87. The molecule has 0 radical (unpaired) electrons. The first-order valence-corrected chi connectivity index (χ1v) is 8.00. The van der Waals surface area contributed by atoms with Gasteiger partial charge in [-0.15, -0.1) is 0 Å². The molecule has 5 nitrogen and oxygen atoms in total. The van der Waals surface area contributed by atoms with Gasteiger partial charge >= 0.3 is 0 Å². The molecule has 2 N–H and O–H groups in total. The number of guanidine groups is 1. The number of aromatic nitrogens is 2. The highest BCUT2D eigenvalue weighted by atomic mass is 15.4. The molecular weight excluding hydrogens is 262 g/mol. The maximum absolute atomic E-state index is 6.20. The number of hydrogen-bond acceptors (Lipinski definition) is 4. The van der Waals surface area contributed by atoms with E-state index >= 15 is 0 Å². The van der Waals surface area contributed by atoms with Crippen molar-refractivity contribution >= 4 is 5.96 Å². The Morgan fingerprint density at radius 2 is 1.90 bits per heavy atom. The summed E-state index contributed by atoms with van der Waals surface area (Å²) in [6.07, 6.45) is 7.23. The molecule has 1 unspecified atom stereocenters. The van der Waals surface area contributed by atoms with E-state index in [2.05, 4.69) is 36.9 Å². The molecule has 0 amide bonds. The van der Waals surface area contributed by atoms with Crippen molar-refractivity contribution in [3.05, 3.63) is 17.5 Å². The summed E-state index contributed by atoms with van der Waals surface area (Å²) in [6, 6.07) is 0.810. The lowest BCUT2D eigenvalue weighted by molar-refractivity contribution is 0.259. The number of nitrogens with zero attached hydrogens (tertiary/aromatic N) is 4. The van der Waals surface area contributed by atoms with Crippen molar-refractivity contribution in [2.75, 3.05) is 6.54 Å². The Balaban J connectivity index is 1.96. The summed E-state index contributed by atoms with van der Waals surface area (Å²) in [7, 11) is 2.00. The van der Waals surface area contributed by atoms with E-state index in [4.69, 9.17) is 10.8 Å². The van der Waals surface area contributed by atoms with Gasteiger partial charge in [0.1, 0.15) is 0 Å². The third-order valence-corrected chi connectivity index (χ3v) is 4.67. The molecule has 1 aromatic heterocycles. The van der Waals surface area contributed by atoms with Crippen molar-refractivity contribution in [3.63, 3.8) is 0 Å². The van der Waals surface area contributed by atoms with E-state index in [1.165, 1.54) is 36.9 Å². The largest absolute Gasteiger partial charge is 0.370 e. The van der Waals surface area contributed by atoms with Crippen LogP contribution in [0, 0.1) is 0 Å². The monoisotopic (exact) mass is 289 g/mol. The van der Waals surface area contributed by atoms with Crippen LogP contribution in [0.2, 0.25) is 0 Å². The van der Waals surface area contributed by atoms with Crippen LogP contribution >= 0.6 is 0 Å². The van der Waals surface area contributed by atoms with E-state index in [0.717, 1.165) is 12.5 Å². The first-order valence-electron chi connectivity index (χ1n) is 8.00. The van der Waals surface area contributed by atoms with E-state index in [0.29, 0.717) is 6.04 Å². The Hall–Kier alpha value is -1.52. The van der Waals surface area contributed by atoms with Gasteiger partial charge in [0.25, 0.3) is 0 Å². The zero-order valence-electron chi connectivity index (χ0n) is 13.6. The topological polar surface area (TPSA) is 59.4 Å². The predicted molar refractivity (Wildman–Crippen MR) is 85.2 cm³/mol. The number of rotatable bonds is 2. The molecule has 5 heteroatoms. The van der Waals surface area contributed by atoms with Gasteiger partial charge in [-0.1, -0.05) is 33.6 Å². The Morgan fingerprint density at radius 1 is 1.24 bits per heavy atom. The van der Waals surface area contributed by atoms with Crippen LogP contribution in [0.4, 0.5) is 0 Å². The quantitative estimate of drug-likeness (QED) is 0.909. The van der Waals surface area contributed by atoms with E-state index in [1.807, 2.05) is 11.7 Å². The molecule has 3 rings (SSSR count). The van der Waals surface area contributed by atoms with Gasteiger partial charge in [0.05, 0.1) is 18.3 Å². The van der Waals surface area contributed by atoms with Crippen molar-refractivity contribution in [2.45, 2.75) is 64.0 Å². The highest BCUT2D eigenvalue weighted by molar-refractivity contribution is 5.81. The average molecular weight is 289 g/mol. The molecule has 116 valence electrons. The minimum atomic E-state index is 0.0370. The molecule has 0 spiro atoms. The summed E-state index contributed by atoms with van der Waals surface area (Å²) in [5.41, 5.74) is 8.70. The third-order valence-electron chi connectivity index (χ3n) is 4.67. The summed E-state index contributed by atoms with van der Waals surface area (Å²) in [4.78, 5) is 6.90. The molecular formula is C16H27N5. The van der Waals surface area contributed by atoms with Gasteiger partial charge in [-0.2, -0.15) is 5.10 Å². The van der Waals surface area contributed by atoms with Gasteiger partial charge in [-0.05, 0) is 12.8 Å². The summed E-state index contributed by atoms with van der Waals surface area (Å²) < 4.78 is 1.93. The smallest absolute Gasteiger partial charge is 0.192 e. The van der Waals surface area contributed by atoms with Crippen molar-refractivity contribution in [2.24, 2.45) is 17.8 Å². The molecule has 0 saturated heterocycles. The predicted octanol–water partition coefficient (Wildman–Crippen LogP) is 2.33. The fraction of sp³-hybridized carbons (Fsp3) is 0.750. The first-order chi connectivity index (χ1) is 9.88. The zero-order chi connectivity index (χ0) is 15.2. The van der Waals surface area contributed by atoms with Crippen LogP contribution < -0.4 is 5.73 Å². The molecule has 1 aliphatic carbocycles. The van der Waals surface area contributed by atoms with E-state index in [1.54, 1.807) is 0 Å². The molecule has 1 fully saturated rings. The Kier molecular flexibility index (Phi) is 3.46. The standard InChI is InChI=1S/C16H27N5/c1-16(2,3)14-12(10-20(4)19-14)13-9-18-15(17)21(13)11-7-5-6-8-11/h10-11,13H,5-9H2,1-4H3,(H2,17,18). The van der Waals surface area contributed by atoms with Crippen molar-refractivity contribution in [1.82, 2.24) is 14.7 Å². The van der Waals surface area contributed by atoms with Crippen molar-refractivity contribution in [1.29, 1.82) is 0 Å². The zero-order valence-corrected chi connectivity index (χ0v) is 13.6. The number of aryl methyl sites for hydroxylation is 1. The lowest BCUT2D eigenvalue weighted by Crippen LogP contribution is -2.43. The van der Waals surface area contributed by atoms with Crippen LogP contribution in [0.3, 0.4) is 0 Å². The summed E-state index contributed by atoms with van der Waals surface area (Å²) in [6.45, 7) is 7.42. The minimum Gasteiger partial charge on any atom is -0.370 e. The second kappa shape index (κ2) is 5.04. The lowest BCUT2D eigenvalue weighted by Gasteiger charge is -2.33. The van der Waals surface area contributed by atoms with E-state index < -0.39 is 0 Å². The fourth-order valence-electron chi connectivity index (χ4n) is 3.72. The molecule has 2 heterocycles. The van der Waals surface area contributed by atoms with Crippen LogP contribution in [0.15, 0.2) is 11.2 Å². The van der Waals surface area contributed by atoms with Crippen LogP contribution in [-0.2, 0) is 12.5 Å². The molecule has 1 atom stereocenters. The second-order valence-electron chi connectivity index (χ2n) is 7.42. The van der Waals surface area contributed by atoms with Gasteiger partial charge in [0.15, 0.2) is 5.96 Å². The first kappa shape index (κ1) is 14.4. The van der Waals surface area contributed by atoms with Crippen LogP contribution in [0.5, 0.6) is 0 Å². The normalized spacial score (nSPS) is 23.9. The van der Waals surface area contributed by atoms with Gasteiger partial charge < -0.3 is 10.6 Å². The second-order valence-corrected chi connectivity index (χ2v) is 7.42. The van der Waals surface area contributed by atoms with E-state index in [-0.39, 0.29) is 11.5 Å². The van der Waals surface area contributed by atoms with Crippen molar-refractivity contribution in [3.8, 4) is 0 Å². The molecule has 0 bridgehead atoms. The van der Waals surface area contributed by atoms with Gasteiger partial charge in [0.2, 0.25) is 0 Å². The minimum absolute atomic E-state index is 0.0370. The third kappa shape index (κ3) is 2.54. The Morgan fingerprint density at radius 3 is 2.52 bits per heavy atom.